The number of benzene rings is 2. The van der Waals surface area contributed by atoms with Crippen LogP contribution < -0.4 is 15.4 Å². The summed E-state index contributed by atoms with van der Waals surface area (Å²) in [7, 11) is 1.35. The Morgan fingerprint density at radius 2 is 1.92 bits per heavy atom. The number of ether oxygens (including phenoxy) is 1. The average Bonchev–Trinajstić information content (AvgIpc) is 3.40. The summed E-state index contributed by atoms with van der Waals surface area (Å²) in [6, 6.07) is 8.72. The SMILES string of the molecule is COc1ccc(C(=O)Nc2ccc(Cl)c(C(=O)NC3CC3)c2)cc1F. The quantitative estimate of drug-likeness (QED) is 0.853. The van der Waals surface area contributed by atoms with Crippen LogP contribution in [0.3, 0.4) is 0 Å². The van der Waals surface area contributed by atoms with Crippen molar-refractivity contribution in [1.82, 2.24) is 5.32 Å². The molecule has 0 atom stereocenters. The third kappa shape index (κ3) is 4.09. The van der Waals surface area contributed by atoms with Gasteiger partial charge < -0.3 is 15.4 Å². The van der Waals surface area contributed by atoms with E-state index in [1.54, 1.807) is 6.07 Å². The lowest BCUT2D eigenvalue weighted by Crippen LogP contribution is -2.25. The molecule has 2 N–H and O–H groups in total. The second-order valence-electron chi connectivity index (χ2n) is 5.75. The Labute approximate surface area is 149 Å². The van der Waals surface area contributed by atoms with Gasteiger partial charge in [0, 0.05) is 17.3 Å². The maximum absolute atomic E-state index is 13.7. The molecule has 3 rings (SSSR count). The molecule has 0 aromatic heterocycles. The van der Waals surface area contributed by atoms with Gasteiger partial charge in [-0.25, -0.2) is 4.39 Å². The number of halogens is 2. The molecule has 2 amide bonds. The number of hydrogen-bond donors (Lipinski definition) is 2. The van der Waals surface area contributed by atoms with Gasteiger partial charge in [-0.3, -0.25) is 9.59 Å². The summed E-state index contributed by atoms with van der Waals surface area (Å²) in [5.74, 6) is -1.35. The van der Waals surface area contributed by atoms with E-state index in [4.69, 9.17) is 16.3 Å². The number of carbonyl (C=O) groups is 2. The van der Waals surface area contributed by atoms with Gasteiger partial charge in [0.25, 0.3) is 11.8 Å². The zero-order valence-corrected chi connectivity index (χ0v) is 14.2. The molecule has 0 radical (unpaired) electrons. The number of nitrogens with one attached hydrogen (secondary N) is 2. The number of hydrogen-bond acceptors (Lipinski definition) is 3. The molecule has 1 aliphatic carbocycles. The van der Waals surface area contributed by atoms with Gasteiger partial charge in [0.1, 0.15) is 0 Å². The molecule has 0 bridgehead atoms. The van der Waals surface area contributed by atoms with Crippen LogP contribution >= 0.6 is 11.6 Å². The van der Waals surface area contributed by atoms with Gasteiger partial charge in [0.2, 0.25) is 0 Å². The zero-order chi connectivity index (χ0) is 18.0. The van der Waals surface area contributed by atoms with E-state index in [9.17, 15) is 14.0 Å². The number of rotatable bonds is 5. The van der Waals surface area contributed by atoms with Crippen molar-refractivity contribution in [2.24, 2.45) is 0 Å². The molecule has 0 spiro atoms. The Morgan fingerprint density at radius 1 is 1.16 bits per heavy atom. The van der Waals surface area contributed by atoms with E-state index in [0.29, 0.717) is 10.7 Å². The van der Waals surface area contributed by atoms with Gasteiger partial charge in [0.05, 0.1) is 17.7 Å². The number of amides is 2. The molecular formula is C18H16ClFN2O3. The van der Waals surface area contributed by atoms with Crippen LogP contribution in [0.5, 0.6) is 5.75 Å². The van der Waals surface area contributed by atoms with E-state index in [-0.39, 0.29) is 28.8 Å². The van der Waals surface area contributed by atoms with Crippen LogP contribution in [0.4, 0.5) is 10.1 Å². The molecule has 130 valence electrons. The molecule has 0 heterocycles. The predicted octanol–water partition coefficient (Wildman–Crippen LogP) is 3.63. The van der Waals surface area contributed by atoms with Crippen molar-refractivity contribution in [2.45, 2.75) is 18.9 Å². The maximum Gasteiger partial charge on any atom is 0.255 e. The minimum Gasteiger partial charge on any atom is -0.494 e. The topological polar surface area (TPSA) is 67.4 Å². The Kier molecular flexibility index (Phi) is 4.90. The molecule has 7 heteroatoms. The molecule has 0 saturated heterocycles. The second kappa shape index (κ2) is 7.11. The molecule has 2 aromatic carbocycles. The third-order valence-electron chi connectivity index (χ3n) is 3.80. The van der Waals surface area contributed by atoms with Gasteiger partial charge in [-0.2, -0.15) is 0 Å². The minimum atomic E-state index is -0.629. The second-order valence-corrected chi connectivity index (χ2v) is 6.15. The fraction of sp³-hybridized carbons (Fsp3) is 0.222. The fourth-order valence-electron chi connectivity index (χ4n) is 2.28. The standard InChI is InChI=1S/C18H16ClFN2O3/c1-25-16-7-2-10(8-15(16)20)17(23)22-12-5-6-14(19)13(9-12)18(24)21-11-3-4-11/h2,5-9,11H,3-4H2,1H3,(H,21,24)(H,22,23). The molecule has 25 heavy (non-hydrogen) atoms. The summed E-state index contributed by atoms with van der Waals surface area (Å²) in [6.45, 7) is 0. The minimum absolute atomic E-state index is 0.0575. The van der Waals surface area contributed by atoms with Crippen molar-refractivity contribution in [3.8, 4) is 5.75 Å². The number of carbonyl (C=O) groups excluding carboxylic acids is 2. The van der Waals surface area contributed by atoms with E-state index in [2.05, 4.69) is 10.6 Å². The molecule has 0 aliphatic heterocycles. The van der Waals surface area contributed by atoms with Crippen molar-refractivity contribution >= 4 is 29.1 Å². The van der Waals surface area contributed by atoms with E-state index < -0.39 is 11.7 Å². The van der Waals surface area contributed by atoms with Gasteiger partial charge in [-0.05, 0) is 49.2 Å². The normalized spacial score (nSPS) is 13.2. The van der Waals surface area contributed by atoms with Crippen molar-refractivity contribution < 1.29 is 18.7 Å². The molecule has 1 saturated carbocycles. The predicted molar refractivity (Wildman–Crippen MR) is 92.8 cm³/mol. The third-order valence-corrected chi connectivity index (χ3v) is 4.12. The van der Waals surface area contributed by atoms with Gasteiger partial charge in [-0.15, -0.1) is 0 Å². The van der Waals surface area contributed by atoms with Gasteiger partial charge in [0.15, 0.2) is 11.6 Å². The van der Waals surface area contributed by atoms with E-state index in [1.165, 1.54) is 31.4 Å². The molecular weight excluding hydrogens is 347 g/mol. The summed E-state index contributed by atoms with van der Waals surface area (Å²) in [4.78, 5) is 24.4. The van der Waals surface area contributed by atoms with Crippen LogP contribution in [0, 0.1) is 5.82 Å². The highest BCUT2D eigenvalue weighted by Crippen LogP contribution is 2.24. The first-order valence-corrected chi connectivity index (χ1v) is 8.11. The summed E-state index contributed by atoms with van der Waals surface area (Å²) in [5, 5.41) is 5.77. The maximum atomic E-state index is 13.7. The summed E-state index contributed by atoms with van der Waals surface area (Å²) >= 11 is 6.07. The van der Waals surface area contributed by atoms with Crippen LogP contribution in [-0.2, 0) is 0 Å². The Morgan fingerprint density at radius 3 is 2.56 bits per heavy atom. The molecule has 2 aromatic rings. The lowest BCUT2D eigenvalue weighted by Gasteiger charge is -2.10. The largest absolute Gasteiger partial charge is 0.494 e. The Balaban J connectivity index is 1.76. The van der Waals surface area contributed by atoms with Crippen molar-refractivity contribution in [1.29, 1.82) is 0 Å². The first-order chi connectivity index (χ1) is 12.0. The molecule has 5 nitrogen and oxygen atoms in total. The highest BCUT2D eigenvalue weighted by Gasteiger charge is 2.25. The average molecular weight is 363 g/mol. The number of anilines is 1. The van der Waals surface area contributed by atoms with Crippen molar-refractivity contribution in [3.63, 3.8) is 0 Å². The first kappa shape index (κ1) is 17.2. The van der Waals surface area contributed by atoms with E-state index in [1.807, 2.05) is 0 Å². The molecule has 0 unspecified atom stereocenters. The van der Waals surface area contributed by atoms with Crippen LogP contribution in [0.15, 0.2) is 36.4 Å². The van der Waals surface area contributed by atoms with Gasteiger partial charge >= 0.3 is 0 Å². The van der Waals surface area contributed by atoms with Crippen LogP contribution in [0.25, 0.3) is 0 Å². The monoisotopic (exact) mass is 362 g/mol. The van der Waals surface area contributed by atoms with E-state index >= 15 is 0 Å². The highest BCUT2D eigenvalue weighted by atomic mass is 35.5. The summed E-state index contributed by atoms with van der Waals surface area (Å²) in [6.07, 6.45) is 1.92. The lowest BCUT2D eigenvalue weighted by atomic mass is 10.1. The smallest absolute Gasteiger partial charge is 0.255 e. The van der Waals surface area contributed by atoms with Gasteiger partial charge in [-0.1, -0.05) is 11.6 Å². The molecule has 1 aliphatic rings. The fourth-order valence-corrected chi connectivity index (χ4v) is 2.48. The first-order valence-electron chi connectivity index (χ1n) is 7.73. The lowest BCUT2D eigenvalue weighted by molar-refractivity contribution is 0.0949. The van der Waals surface area contributed by atoms with E-state index in [0.717, 1.165) is 18.9 Å². The highest BCUT2D eigenvalue weighted by molar-refractivity contribution is 6.34. The summed E-state index contributed by atoms with van der Waals surface area (Å²) < 4.78 is 18.5. The van der Waals surface area contributed by atoms with Crippen LogP contribution in [-0.4, -0.2) is 25.0 Å². The van der Waals surface area contributed by atoms with Crippen molar-refractivity contribution in [2.75, 3.05) is 12.4 Å². The Bertz CT molecular complexity index is 837. The van der Waals surface area contributed by atoms with Crippen LogP contribution in [0.2, 0.25) is 5.02 Å². The molecule has 1 fully saturated rings. The summed E-state index contributed by atoms with van der Waals surface area (Å²) in [5.41, 5.74) is 0.816. The van der Waals surface area contributed by atoms with Crippen molar-refractivity contribution in [3.05, 3.63) is 58.4 Å². The van der Waals surface area contributed by atoms with Crippen LogP contribution in [0.1, 0.15) is 33.6 Å². The zero-order valence-electron chi connectivity index (χ0n) is 13.4. The number of methoxy groups -OCH3 is 1. The Hall–Kier alpha value is -2.60.